The number of likely N-dealkylation sites (tertiary alicyclic amines) is 1. The zero-order chi connectivity index (χ0) is 21.6. The molecule has 2 aromatic rings. The Hall–Kier alpha value is -2.66. The van der Waals surface area contributed by atoms with E-state index in [1.54, 1.807) is 6.07 Å². The van der Waals surface area contributed by atoms with Gasteiger partial charge in [0, 0.05) is 18.1 Å². The summed E-state index contributed by atoms with van der Waals surface area (Å²) in [5.41, 5.74) is 3.24. The first-order valence-corrected chi connectivity index (χ1v) is 11.5. The monoisotopic (exact) mass is 421 g/mol. The summed E-state index contributed by atoms with van der Waals surface area (Å²) in [6, 6.07) is 11.3. The maximum absolute atomic E-state index is 13.3. The highest BCUT2D eigenvalue weighted by atomic mass is 16.5. The van der Waals surface area contributed by atoms with Gasteiger partial charge in [0.2, 0.25) is 0 Å². The quantitative estimate of drug-likeness (QED) is 0.484. The van der Waals surface area contributed by atoms with E-state index in [4.69, 9.17) is 9.47 Å². The van der Waals surface area contributed by atoms with Crippen LogP contribution in [0.5, 0.6) is 11.5 Å². The third-order valence-electron chi connectivity index (χ3n) is 6.15. The van der Waals surface area contributed by atoms with Crippen molar-refractivity contribution < 1.29 is 19.1 Å². The van der Waals surface area contributed by atoms with Crippen LogP contribution in [0.2, 0.25) is 0 Å². The molecule has 1 fully saturated rings. The van der Waals surface area contributed by atoms with Gasteiger partial charge in [-0.15, -0.1) is 0 Å². The first kappa shape index (κ1) is 21.6. The smallest absolute Gasteiger partial charge is 0.311 e. The molecule has 0 aromatic heterocycles. The molecule has 5 nitrogen and oxygen atoms in total. The van der Waals surface area contributed by atoms with Gasteiger partial charge in [-0.2, -0.15) is 0 Å². The molecule has 0 atom stereocenters. The number of rotatable bonds is 7. The van der Waals surface area contributed by atoms with E-state index in [2.05, 4.69) is 4.90 Å². The summed E-state index contributed by atoms with van der Waals surface area (Å²) in [5, 5.41) is 0. The maximum Gasteiger partial charge on any atom is 0.311 e. The number of hydrogen-bond acceptors (Lipinski definition) is 5. The van der Waals surface area contributed by atoms with Crippen molar-refractivity contribution in [3.8, 4) is 11.5 Å². The summed E-state index contributed by atoms with van der Waals surface area (Å²) in [7, 11) is 0. The van der Waals surface area contributed by atoms with Crippen LogP contribution in [-0.4, -0.2) is 42.9 Å². The highest BCUT2D eigenvalue weighted by Gasteiger charge is 2.26. The minimum absolute atomic E-state index is 0.0223. The standard InChI is InChI=1S/C26H31NO4/c1-2-30-23-18-21(31-24(28)11-8-16-27-14-6-3-7-15-27)17-20-13-12-19-9-4-5-10-22(19)26(29)25(20)23/h4-5,9-10,17-18H,2-3,6-8,11-16H2,1H3. The second-order valence-electron chi connectivity index (χ2n) is 8.35. The molecule has 2 aliphatic rings. The number of nitrogens with zero attached hydrogens (tertiary/aromatic N) is 1. The Kier molecular flexibility index (Phi) is 7.03. The van der Waals surface area contributed by atoms with Crippen molar-refractivity contribution in [2.45, 2.75) is 51.9 Å². The number of esters is 1. The first-order chi connectivity index (χ1) is 15.2. The van der Waals surface area contributed by atoms with Crippen LogP contribution in [-0.2, 0) is 17.6 Å². The predicted molar refractivity (Wildman–Crippen MR) is 120 cm³/mol. The molecule has 0 radical (unpaired) electrons. The van der Waals surface area contributed by atoms with Crippen molar-refractivity contribution >= 4 is 11.8 Å². The number of ketones is 1. The largest absolute Gasteiger partial charge is 0.493 e. The Balaban J connectivity index is 1.47. The Morgan fingerprint density at radius 1 is 1.03 bits per heavy atom. The molecule has 0 unspecified atom stereocenters. The van der Waals surface area contributed by atoms with Crippen LogP contribution in [0.15, 0.2) is 36.4 Å². The summed E-state index contributed by atoms with van der Waals surface area (Å²) < 4.78 is 11.5. The average molecular weight is 422 g/mol. The first-order valence-electron chi connectivity index (χ1n) is 11.5. The van der Waals surface area contributed by atoms with E-state index >= 15 is 0 Å². The zero-order valence-electron chi connectivity index (χ0n) is 18.3. The minimum Gasteiger partial charge on any atom is -0.493 e. The van der Waals surface area contributed by atoms with Crippen LogP contribution in [0.25, 0.3) is 0 Å². The van der Waals surface area contributed by atoms with Crippen molar-refractivity contribution in [2.24, 2.45) is 0 Å². The number of carbonyl (C=O) groups is 2. The average Bonchev–Trinajstić information content (AvgIpc) is 2.92. The Morgan fingerprint density at radius 3 is 2.61 bits per heavy atom. The lowest BCUT2D eigenvalue weighted by Crippen LogP contribution is -2.31. The molecule has 4 rings (SSSR count). The maximum atomic E-state index is 13.3. The van der Waals surface area contributed by atoms with E-state index < -0.39 is 0 Å². The zero-order valence-corrected chi connectivity index (χ0v) is 18.3. The minimum atomic E-state index is -0.234. The third kappa shape index (κ3) is 5.16. The second kappa shape index (κ2) is 10.1. The van der Waals surface area contributed by atoms with E-state index in [0.717, 1.165) is 49.2 Å². The number of fused-ring (bicyclic) bond motifs is 2. The second-order valence-corrected chi connectivity index (χ2v) is 8.35. The molecule has 1 aliphatic carbocycles. The van der Waals surface area contributed by atoms with Gasteiger partial charge in [0.05, 0.1) is 12.2 Å². The summed E-state index contributed by atoms with van der Waals surface area (Å²) >= 11 is 0. The number of carbonyl (C=O) groups excluding carboxylic acids is 2. The molecule has 2 aromatic carbocycles. The molecule has 0 amide bonds. The molecule has 1 aliphatic heterocycles. The highest BCUT2D eigenvalue weighted by molar-refractivity contribution is 6.13. The Labute approximate surface area is 184 Å². The van der Waals surface area contributed by atoms with Crippen molar-refractivity contribution in [3.05, 3.63) is 58.7 Å². The lowest BCUT2D eigenvalue weighted by Gasteiger charge is -2.26. The molecule has 0 bridgehead atoms. The van der Waals surface area contributed by atoms with Gasteiger partial charge in [0.15, 0.2) is 5.78 Å². The van der Waals surface area contributed by atoms with Gasteiger partial charge < -0.3 is 14.4 Å². The molecule has 0 N–H and O–H groups in total. The van der Waals surface area contributed by atoms with E-state index in [9.17, 15) is 9.59 Å². The fourth-order valence-electron chi connectivity index (χ4n) is 4.60. The fraction of sp³-hybridized carbons (Fsp3) is 0.462. The molecular formula is C26H31NO4. The number of ether oxygens (including phenoxy) is 2. The normalized spacial score (nSPS) is 16.2. The molecule has 164 valence electrons. The Bertz CT molecular complexity index is 946. The molecule has 1 heterocycles. The van der Waals surface area contributed by atoms with Crippen molar-refractivity contribution in [1.29, 1.82) is 0 Å². The molecule has 1 saturated heterocycles. The topological polar surface area (TPSA) is 55.8 Å². The van der Waals surface area contributed by atoms with Crippen LogP contribution in [0.1, 0.15) is 66.1 Å². The molecule has 0 spiro atoms. The highest BCUT2D eigenvalue weighted by Crippen LogP contribution is 2.35. The van der Waals surface area contributed by atoms with E-state index in [1.165, 1.54) is 19.3 Å². The number of piperidine rings is 1. The molecule has 0 saturated carbocycles. The van der Waals surface area contributed by atoms with Crippen LogP contribution in [0, 0.1) is 0 Å². The van der Waals surface area contributed by atoms with Crippen LogP contribution < -0.4 is 9.47 Å². The van der Waals surface area contributed by atoms with Gasteiger partial charge in [-0.1, -0.05) is 30.7 Å². The van der Waals surface area contributed by atoms with Gasteiger partial charge in [-0.25, -0.2) is 0 Å². The SMILES string of the molecule is CCOc1cc(OC(=O)CCCN2CCCCC2)cc2c1C(=O)c1ccccc1CC2. The van der Waals surface area contributed by atoms with Gasteiger partial charge in [-0.05, 0) is 75.9 Å². The van der Waals surface area contributed by atoms with Crippen LogP contribution in [0.4, 0.5) is 0 Å². The number of aryl methyl sites for hydroxylation is 2. The number of benzene rings is 2. The molecule has 31 heavy (non-hydrogen) atoms. The van der Waals surface area contributed by atoms with E-state index in [-0.39, 0.29) is 11.8 Å². The Morgan fingerprint density at radius 2 is 1.81 bits per heavy atom. The fourth-order valence-corrected chi connectivity index (χ4v) is 4.60. The van der Waals surface area contributed by atoms with E-state index in [0.29, 0.717) is 36.5 Å². The third-order valence-corrected chi connectivity index (χ3v) is 6.15. The van der Waals surface area contributed by atoms with Crippen LogP contribution in [0.3, 0.4) is 0 Å². The summed E-state index contributed by atoms with van der Waals surface area (Å²) in [6.45, 7) is 5.54. The summed E-state index contributed by atoms with van der Waals surface area (Å²) in [6.07, 6.45) is 6.49. The van der Waals surface area contributed by atoms with Gasteiger partial charge in [-0.3, -0.25) is 9.59 Å². The summed E-state index contributed by atoms with van der Waals surface area (Å²) in [4.78, 5) is 28.1. The van der Waals surface area contributed by atoms with Gasteiger partial charge in [0.25, 0.3) is 0 Å². The number of hydrogen-bond donors (Lipinski definition) is 0. The van der Waals surface area contributed by atoms with E-state index in [1.807, 2.05) is 37.3 Å². The predicted octanol–water partition coefficient (Wildman–Crippen LogP) is 4.59. The van der Waals surface area contributed by atoms with Crippen molar-refractivity contribution in [3.63, 3.8) is 0 Å². The molecular weight excluding hydrogens is 390 g/mol. The molecule has 5 heteroatoms. The lowest BCUT2D eigenvalue weighted by atomic mass is 9.97. The van der Waals surface area contributed by atoms with Gasteiger partial charge >= 0.3 is 5.97 Å². The lowest BCUT2D eigenvalue weighted by molar-refractivity contribution is -0.134. The van der Waals surface area contributed by atoms with Crippen molar-refractivity contribution in [2.75, 3.05) is 26.2 Å². The van der Waals surface area contributed by atoms with Crippen LogP contribution >= 0.6 is 0 Å². The van der Waals surface area contributed by atoms with Crippen molar-refractivity contribution in [1.82, 2.24) is 4.90 Å². The van der Waals surface area contributed by atoms with Gasteiger partial charge in [0.1, 0.15) is 11.5 Å². The summed E-state index contributed by atoms with van der Waals surface area (Å²) in [5.74, 6) is 0.704.